The molecule has 5 heteroatoms. The summed E-state index contributed by atoms with van der Waals surface area (Å²) in [7, 11) is -1.28. The molecule has 3 nitrogen and oxygen atoms in total. The third kappa shape index (κ3) is 7.82. The van der Waals surface area contributed by atoms with Gasteiger partial charge in [0, 0.05) is 6.42 Å². The van der Waals surface area contributed by atoms with E-state index in [4.69, 9.17) is 15.0 Å². The Kier molecular flexibility index (Phi) is 10.2. The van der Waals surface area contributed by atoms with E-state index in [1.54, 1.807) is 0 Å². The Labute approximate surface area is 292 Å². The molecule has 0 saturated heterocycles. The van der Waals surface area contributed by atoms with Gasteiger partial charge in [-0.3, -0.25) is 9.98 Å². The van der Waals surface area contributed by atoms with Gasteiger partial charge in [-0.15, -0.1) is 0 Å². The van der Waals surface area contributed by atoms with Crippen LogP contribution in [0.5, 0.6) is 0 Å². The highest BCUT2D eigenvalue weighted by Gasteiger charge is 2.18. The van der Waals surface area contributed by atoms with E-state index in [9.17, 15) is 0 Å². The van der Waals surface area contributed by atoms with Crippen molar-refractivity contribution in [2.45, 2.75) is 20.3 Å². The Morgan fingerprint density at radius 1 is 0.429 bits per heavy atom. The topological polar surface area (TPSA) is 37.1 Å². The summed E-state index contributed by atoms with van der Waals surface area (Å²) in [5, 5.41) is 7.97. The van der Waals surface area contributed by atoms with Crippen molar-refractivity contribution in [2.24, 2.45) is 15.0 Å². The average Bonchev–Trinajstić information content (AvgIpc) is 3.67. The number of hydrogen-bond acceptors (Lipinski definition) is 3. The van der Waals surface area contributed by atoms with Crippen LogP contribution in [0.4, 0.5) is 11.4 Å². The molecule has 238 valence electrons. The molecule has 0 spiro atoms. The van der Waals surface area contributed by atoms with E-state index in [2.05, 4.69) is 176 Å². The van der Waals surface area contributed by atoms with Gasteiger partial charge >= 0.3 is 0 Å². The van der Waals surface area contributed by atoms with Gasteiger partial charge in [0.1, 0.15) is 0 Å². The van der Waals surface area contributed by atoms with Crippen LogP contribution in [0.2, 0.25) is 0 Å². The predicted molar refractivity (Wildman–Crippen MR) is 216 cm³/mol. The number of rotatable bonds is 10. The summed E-state index contributed by atoms with van der Waals surface area (Å²) in [6.45, 7) is 4.09. The zero-order valence-electron chi connectivity index (χ0n) is 27.7. The fourth-order valence-electron chi connectivity index (χ4n) is 5.95. The molecule has 0 atom stereocenters. The number of benzene rings is 6. The second kappa shape index (κ2) is 15.4. The van der Waals surface area contributed by atoms with Crippen molar-refractivity contribution in [3.8, 4) is 0 Å². The average molecular weight is 670 g/mol. The molecule has 0 unspecified atom stereocenters. The highest BCUT2D eigenvalue weighted by molar-refractivity contribution is 7.80. The second-order valence-corrected chi connectivity index (χ2v) is 16.2. The number of allylic oxidation sites excluding steroid dienone is 2. The molecule has 0 radical (unpaired) electrons. The number of nitrogens with zero attached hydrogens (tertiary/aromatic N) is 3. The van der Waals surface area contributed by atoms with Crippen LogP contribution >= 0.6 is 15.8 Å². The SMILES string of the molecule is CC(=Nc1ccc(P(c2ccccc2)c2ccccc2)cc1)C1=CCC(C(C)=Nc2ccc(P(c3ccccc3)c3ccccc3)cc2)=N1. The van der Waals surface area contributed by atoms with Gasteiger partial charge in [-0.05, 0) is 85.8 Å². The first-order chi connectivity index (χ1) is 24.1. The van der Waals surface area contributed by atoms with Crippen molar-refractivity contribution in [1.29, 1.82) is 0 Å². The summed E-state index contributed by atoms with van der Waals surface area (Å²) in [5.41, 5.74) is 5.60. The fourth-order valence-corrected chi connectivity index (χ4v) is 10.5. The Hall–Kier alpha value is -5.07. The zero-order valence-corrected chi connectivity index (χ0v) is 29.5. The van der Waals surface area contributed by atoms with E-state index in [1.807, 2.05) is 13.8 Å². The molecular weight excluding hydrogens is 632 g/mol. The monoisotopic (exact) mass is 669 g/mol. The van der Waals surface area contributed by atoms with Crippen molar-refractivity contribution in [2.75, 3.05) is 0 Å². The molecule has 1 aliphatic heterocycles. The van der Waals surface area contributed by atoms with Crippen molar-refractivity contribution in [1.82, 2.24) is 0 Å². The molecule has 1 aliphatic rings. The first-order valence-electron chi connectivity index (χ1n) is 16.5. The van der Waals surface area contributed by atoms with E-state index in [1.165, 1.54) is 31.8 Å². The van der Waals surface area contributed by atoms with Crippen molar-refractivity contribution in [3.05, 3.63) is 182 Å². The molecule has 0 N–H and O–H groups in total. The maximum atomic E-state index is 4.96. The molecule has 7 rings (SSSR count). The highest BCUT2D eigenvalue weighted by atomic mass is 31.1. The van der Waals surface area contributed by atoms with Crippen LogP contribution in [0.25, 0.3) is 0 Å². The highest BCUT2D eigenvalue weighted by Crippen LogP contribution is 2.34. The minimum Gasteiger partial charge on any atom is -0.252 e. The van der Waals surface area contributed by atoms with Crippen LogP contribution in [0.3, 0.4) is 0 Å². The molecule has 0 saturated carbocycles. The minimum absolute atomic E-state index is 0.642. The van der Waals surface area contributed by atoms with Gasteiger partial charge in [-0.25, -0.2) is 4.99 Å². The number of aliphatic imine (C=N–C) groups is 3. The van der Waals surface area contributed by atoms with E-state index in [-0.39, 0.29) is 0 Å². The third-order valence-corrected chi connectivity index (χ3v) is 13.3. The summed E-state index contributed by atoms with van der Waals surface area (Å²) >= 11 is 0. The summed E-state index contributed by atoms with van der Waals surface area (Å²) in [5.74, 6) is 0. The van der Waals surface area contributed by atoms with Gasteiger partial charge in [0.2, 0.25) is 0 Å². The summed E-state index contributed by atoms with van der Waals surface area (Å²) in [6.07, 6.45) is 2.90. The molecule has 0 aliphatic carbocycles. The van der Waals surface area contributed by atoms with E-state index in [0.717, 1.165) is 40.6 Å². The Morgan fingerprint density at radius 2 is 0.755 bits per heavy atom. The molecule has 0 fully saturated rings. The molecule has 6 aromatic carbocycles. The predicted octanol–water partition coefficient (Wildman–Crippen LogP) is 8.82. The van der Waals surface area contributed by atoms with E-state index < -0.39 is 15.8 Å². The summed E-state index contributed by atoms with van der Waals surface area (Å²) in [6, 6.07) is 60.5. The number of hydrogen-bond donors (Lipinski definition) is 0. The lowest BCUT2D eigenvalue weighted by atomic mass is 10.2. The standard InChI is InChI=1S/C44H37N3P2/c1-33(45-35-23-27-41(28-24-35)48(37-15-7-3-8-16-37)38-17-9-4-10-18-38)43-31-32-44(47-43)34(2)46-36-25-29-42(30-26-36)49(39-19-11-5-12-20-39)40-21-13-6-14-22-40/h3-31H,32H2,1-2H3. The van der Waals surface area contributed by atoms with Crippen molar-refractivity contribution >= 4 is 76.2 Å². The fraction of sp³-hybridized carbons (Fsp3) is 0.0682. The van der Waals surface area contributed by atoms with Crippen LogP contribution in [0, 0.1) is 0 Å². The van der Waals surface area contributed by atoms with Gasteiger partial charge in [0.15, 0.2) is 0 Å². The van der Waals surface area contributed by atoms with E-state index in [0.29, 0.717) is 0 Å². The Morgan fingerprint density at radius 3 is 1.12 bits per heavy atom. The van der Waals surface area contributed by atoms with Crippen LogP contribution < -0.4 is 31.8 Å². The maximum absolute atomic E-state index is 4.96. The summed E-state index contributed by atoms with van der Waals surface area (Å²) in [4.78, 5) is 14.9. The van der Waals surface area contributed by atoms with E-state index >= 15 is 0 Å². The lowest BCUT2D eigenvalue weighted by Crippen LogP contribution is -2.20. The minimum atomic E-state index is -0.643. The largest absolute Gasteiger partial charge is 0.252 e. The van der Waals surface area contributed by atoms with Crippen LogP contribution in [0.15, 0.2) is 197 Å². The smallest absolute Gasteiger partial charge is 0.0810 e. The van der Waals surface area contributed by atoms with Crippen LogP contribution in [0.1, 0.15) is 20.3 Å². The Bertz CT molecular complexity index is 2040. The van der Waals surface area contributed by atoms with Crippen LogP contribution in [-0.2, 0) is 0 Å². The quantitative estimate of drug-likeness (QED) is 0.103. The lowest BCUT2D eigenvalue weighted by molar-refractivity contribution is 1.42. The first kappa shape index (κ1) is 32.5. The van der Waals surface area contributed by atoms with Crippen molar-refractivity contribution < 1.29 is 0 Å². The maximum Gasteiger partial charge on any atom is 0.0810 e. The third-order valence-electron chi connectivity index (χ3n) is 8.40. The van der Waals surface area contributed by atoms with Gasteiger partial charge in [0.05, 0.1) is 34.2 Å². The van der Waals surface area contributed by atoms with Crippen LogP contribution in [-0.4, -0.2) is 17.1 Å². The normalized spacial score (nSPS) is 13.5. The van der Waals surface area contributed by atoms with Gasteiger partial charge in [-0.2, -0.15) is 0 Å². The molecule has 0 amide bonds. The first-order valence-corrected chi connectivity index (χ1v) is 19.2. The zero-order chi connectivity index (χ0) is 33.4. The summed E-state index contributed by atoms with van der Waals surface area (Å²) < 4.78 is 0. The second-order valence-electron chi connectivity index (χ2n) is 11.8. The molecule has 6 aromatic rings. The van der Waals surface area contributed by atoms with Crippen molar-refractivity contribution in [3.63, 3.8) is 0 Å². The van der Waals surface area contributed by atoms with Gasteiger partial charge in [0.25, 0.3) is 0 Å². The molecule has 49 heavy (non-hydrogen) atoms. The molecule has 0 bridgehead atoms. The van der Waals surface area contributed by atoms with Gasteiger partial charge in [-0.1, -0.05) is 152 Å². The Balaban J connectivity index is 1.06. The molecule has 0 aromatic heterocycles. The van der Waals surface area contributed by atoms with Gasteiger partial charge < -0.3 is 0 Å². The molecular formula is C44H37N3P2. The molecule has 1 heterocycles. The lowest BCUT2D eigenvalue weighted by Gasteiger charge is -2.19.